The molecular formula is C8H19Al2FO. The summed E-state index contributed by atoms with van der Waals surface area (Å²) in [5, 5.41) is 0.732. The molecule has 0 radical (unpaired) electrons. The number of unbranched alkanes of at least 4 members (excludes halogenated alkanes) is 5. The lowest BCUT2D eigenvalue weighted by molar-refractivity contribution is 0.526. The summed E-state index contributed by atoms with van der Waals surface area (Å²) in [6.45, 7) is 2.21. The van der Waals surface area contributed by atoms with Crippen LogP contribution >= 0.6 is 0 Å². The monoisotopic (exact) mass is 204 g/mol. The van der Waals surface area contributed by atoms with Gasteiger partial charge in [-0.2, -0.15) is 0 Å². The molecule has 0 aliphatic carbocycles. The van der Waals surface area contributed by atoms with Crippen molar-refractivity contribution in [3.63, 3.8) is 0 Å². The van der Waals surface area contributed by atoms with Crippen molar-refractivity contribution in [3.05, 3.63) is 0 Å². The van der Waals surface area contributed by atoms with Crippen LogP contribution in [0.5, 0.6) is 0 Å². The molecule has 0 aliphatic rings. The lowest BCUT2D eigenvalue weighted by Crippen LogP contribution is -2.08. The van der Waals surface area contributed by atoms with Gasteiger partial charge >= 0.3 is 31.6 Å². The fourth-order valence-electron chi connectivity index (χ4n) is 1.20. The molecule has 0 aromatic rings. The van der Waals surface area contributed by atoms with Gasteiger partial charge in [-0.25, -0.2) is 0 Å². The second kappa shape index (κ2) is 10.0. The summed E-state index contributed by atoms with van der Waals surface area (Å²) in [6.07, 6.45) is 7.43. The van der Waals surface area contributed by atoms with Gasteiger partial charge in [0.05, 0.1) is 0 Å². The van der Waals surface area contributed by atoms with Crippen LogP contribution in [0.25, 0.3) is 0 Å². The van der Waals surface area contributed by atoms with Crippen molar-refractivity contribution in [2.75, 3.05) is 0 Å². The van der Waals surface area contributed by atoms with Crippen LogP contribution in [0.3, 0.4) is 0 Å². The van der Waals surface area contributed by atoms with Gasteiger partial charge in [-0.05, 0) is 5.28 Å². The predicted octanol–water partition coefficient (Wildman–Crippen LogP) is 2.37. The molecule has 0 unspecified atom stereocenters. The third-order valence-electron chi connectivity index (χ3n) is 2.04. The molecule has 0 atom stereocenters. The first-order valence-electron chi connectivity index (χ1n) is 4.98. The maximum Gasteiger partial charge on any atom is 0.685 e. The predicted molar refractivity (Wildman–Crippen MR) is 54.7 cm³/mol. The van der Waals surface area contributed by atoms with Gasteiger partial charge in [0.25, 0.3) is 0 Å². The molecule has 1 nitrogen and oxygen atoms in total. The fourth-order valence-corrected chi connectivity index (χ4v) is 2.76. The van der Waals surface area contributed by atoms with Crippen molar-refractivity contribution in [3.8, 4) is 0 Å². The van der Waals surface area contributed by atoms with Crippen molar-refractivity contribution in [1.82, 2.24) is 0 Å². The lowest BCUT2D eigenvalue weighted by Gasteiger charge is -2.01. The second-order valence-electron chi connectivity index (χ2n) is 3.20. The van der Waals surface area contributed by atoms with Crippen LogP contribution in [0.1, 0.15) is 45.4 Å². The van der Waals surface area contributed by atoms with Crippen LogP contribution in [0, 0.1) is 0 Å². The SMILES string of the molecule is CCCCCCC[CH2][Al]([F])[O][AlH2]. The fraction of sp³-hybridized carbons (Fsp3) is 1.00. The van der Waals surface area contributed by atoms with Crippen molar-refractivity contribution in [2.45, 2.75) is 50.7 Å². The van der Waals surface area contributed by atoms with Gasteiger partial charge in [-0.1, -0.05) is 45.4 Å². The topological polar surface area (TPSA) is 9.23 Å². The normalized spacial score (nSPS) is 10.2. The quantitative estimate of drug-likeness (QED) is 0.435. The minimum absolute atomic E-state index is 0.580. The second-order valence-corrected chi connectivity index (χ2v) is 6.49. The van der Waals surface area contributed by atoms with Gasteiger partial charge in [-0.3, -0.25) is 0 Å². The van der Waals surface area contributed by atoms with Gasteiger partial charge in [0.2, 0.25) is 0 Å². The Bertz CT molecular complexity index is 93.1. The Kier molecular flexibility index (Phi) is 10.8. The van der Waals surface area contributed by atoms with Crippen LogP contribution in [0.4, 0.5) is 3.52 Å². The maximum atomic E-state index is 12.7. The highest BCUT2D eigenvalue weighted by atomic mass is 27.3. The third-order valence-corrected chi connectivity index (χ3v) is 4.95. The summed E-state index contributed by atoms with van der Waals surface area (Å²) in [7, 11) is 0. The molecule has 70 valence electrons. The van der Waals surface area contributed by atoms with Crippen LogP contribution < -0.4 is 0 Å². The summed E-state index contributed by atoms with van der Waals surface area (Å²) in [5.41, 5.74) is 0. The van der Waals surface area contributed by atoms with Gasteiger partial charge in [0.1, 0.15) is 0 Å². The molecule has 0 saturated heterocycles. The largest absolute Gasteiger partial charge is 0.685 e. The Labute approximate surface area is 88.6 Å². The van der Waals surface area contributed by atoms with E-state index in [2.05, 4.69) is 6.92 Å². The van der Waals surface area contributed by atoms with Gasteiger partial charge in [0, 0.05) is 0 Å². The molecule has 0 heterocycles. The van der Waals surface area contributed by atoms with E-state index in [0.717, 1.165) is 11.7 Å². The number of halogens is 1. The Hall–Kier alpha value is 0.955. The van der Waals surface area contributed by atoms with Crippen LogP contribution in [0.15, 0.2) is 0 Å². The third kappa shape index (κ3) is 9.05. The Morgan fingerprint density at radius 2 is 1.75 bits per heavy atom. The molecule has 0 fully saturated rings. The summed E-state index contributed by atoms with van der Waals surface area (Å²) < 4.78 is 17.4. The average Bonchev–Trinajstić information content (AvgIpc) is 2.10. The lowest BCUT2D eigenvalue weighted by atomic mass is 10.1. The molecule has 0 aliphatic heterocycles. The minimum Gasteiger partial charge on any atom is -0.617 e. The number of rotatable bonds is 8. The zero-order valence-corrected chi connectivity index (χ0v) is 11.5. The van der Waals surface area contributed by atoms with Gasteiger partial charge in [0.15, 0.2) is 0 Å². The van der Waals surface area contributed by atoms with E-state index in [1.165, 1.54) is 32.1 Å². The van der Waals surface area contributed by atoms with Gasteiger partial charge < -0.3 is 6.36 Å². The van der Waals surface area contributed by atoms with Crippen molar-refractivity contribution in [2.24, 2.45) is 0 Å². The molecule has 0 rings (SSSR count). The molecule has 0 N–H and O–H groups in total. The van der Waals surface area contributed by atoms with E-state index in [-0.39, 0.29) is 0 Å². The summed E-state index contributed by atoms with van der Waals surface area (Å²) in [5.74, 6) is 0. The minimum atomic E-state index is -2.18. The van der Waals surface area contributed by atoms with E-state index in [1.54, 1.807) is 0 Å². The molecule has 0 amide bonds. The Balaban J connectivity index is 2.90. The smallest absolute Gasteiger partial charge is 0.617 e. The van der Waals surface area contributed by atoms with Crippen molar-refractivity contribution in [1.29, 1.82) is 0 Å². The van der Waals surface area contributed by atoms with E-state index >= 15 is 0 Å². The molecule has 0 saturated carbocycles. The molecule has 0 spiro atoms. The molecule has 4 heteroatoms. The van der Waals surface area contributed by atoms with Crippen LogP contribution in [-0.2, 0) is 2.84 Å². The summed E-state index contributed by atoms with van der Waals surface area (Å²) >= 11 is -1.60. The Morgan fingerprint density at radius 1 is 1.17 bits per heavy atom. The van der Waals surface area contributed by atoms with E-state index in [9.17, 15) is 3.52 Å². The molecule has 0 bridgehead atoms. The van der Waals surface area contributed by atoms with Crippen LogP contribution in [-0.4, -0.2) is 31.6 Å². The van der Waals surface area contributed by atoms with Crippen molar-refractivity contribution < 1.29 is 6.36 Å². The van der Waals surface area contributed by atoms with E-state index in [0.29, 0.717) is 16.6 Å². The van der Waals surface area contributed by atoms with E-state index in [1.807, 2.05) is 0 Å². The summed E-state index contributed by atoms with van der Waals surface area (Å²) in [4.78, 5) is 0. The van der Waals surface area contributed by atoms with E-state index in [4.69, 9.17) is 2.84 Å². The highest BCUT2D eigenvalue weighted by Crippen LogP contribution is 2.09. The first kappa shape index (κ1) is 13.0. The molecule has 0 aromatic heterocycles. The van der Waals surface area contributed by atoms with Gasteiger partial charge in [-0.15, -0.1) is 0 Å². The molecular weight excluding hydrogens is 185 g/mol. The zero-order valence-electron chi connectivity index (χ0n) is 8.31. The average molecular weight is 204 g/mol. The highest BCUT2D eigenvalue weighted by Gasteiger charge is 2.17. The standard InChI is InChI=1S/C8H17.2Al.FH.O.2H/c1-3-5-7-8-6-4-2;;;;;;/h1,3-8H2,2H3;;;1H;;;/q;;+1;;;;/p-1. The molecule has 0 aromatic carbocycles. The number of hydrogen-bond acceptors (Lipinski definition) is 1. The van der Waals surface area contributed by atoms with E-state index < -0.39 is 14.9 Å². The van der Waals surface area contributed by atoms with Crippen LogP contribution in [0.2, 0.25) is 5.28 Å². The van der Waals surface area contributed by atoms with Crippen molar-refractivity contribution >= 4 is 31.6 Å². The molecule has 12 heavy (non-hydrogen) atoms. The highest BCUT2D eigenvalue weighted by molar-refractivity contribution is 6.48. The number of hydrogen-bond donors (Lipinski definition) is 0. The first-order chi connectivity index (χ1) is 5.81. The maximum absolute atomic E-state index is 12.7. The zero-order chi connectivity index (χ0) is 9.23. The summed E-state index contributed by atoms with van der Waals surface area (Å²) in [6, 6.07) is 0. The Morgan fingerprint density at radius 3 is 2.33 bits per heavy atom. The first-order valence-corrected chi connectivity index (χ1v) is 7.52.